The fourth-order valence-corrected chi connectivity index (χ4v) is 5.20. The molecule has 2 aromatic carbocycles. The number of benzene rings is 2. The summed E-state index contributed by atoms with van der Waals surface area (Å²) in [5, 5.41) is 1.58. The summed E-state index contributed by atoms with van der Waals surface area (Å²) in [4.78, 5) is 14.7. The van der Waals surface area contributed by atoms with Gasteiger partial charge in [0.1, 0.15) is 0 Å². The van der Waals surface area contributed by atoms with Gasteiger partial charge in [0.25, 0.3) is 5.91 Å². The van der Waals surface area contributed by atoms with Gasteiger partial charge in [0, 0.05) is 35.8 Å². The Kier molecular flexibility index (Phi) is 5.86. The van der Waals surface area contributed by atoms with Crippen molar-refractivity contribution in [1.29, 1.82) is 0 Å². The van der Waals surface area contributed by atoms with Crippen molar-refractivity contribution in [1.82, 2.24) is 4.31 Å². The van der Waals surface area contributed by atoms with Gasteiger partial charge in [0.2, 0.25) is 10.0 Å². The molecule has 1 atom stereocenters. The number of hydrogen-bond donors (Lipinski definition) is 0. The number of nitrogens with zero attached hydrogens (tertiary/aromatic N) is 2. The summed E-state index contributed by atoms with van der Waals surface area (Å²) in [7, 11) is -4.18. The first-order valence-corrected chi connectivity index (χ1v) is 12.1. The molecule has 29 heavy (non-hydrogen) atoms. The van der Waals surface area contributed by atoms with E-state index in [-0.39, 0.29) is 16.2 Å². The van der Waals surface area contributed by atoms with Crippen molar-refractivity contribution >= 4 is 43.1 Å². The lowest BCUT2D eigenvalue weighted by atomic mass is 10.1. The van der Waals surface area contributed by atoms with Gasteiger partial charge in [-0.05, 0) is 54.6 Å². The Balaban J connectivity index is 1.99. The maximum Gasteiger partial charge on any atom is 0.258 e. The van der Waals surface area contributed by atoms with E-state index in [4.69, 9.17) is 11.6 Å². The zero-order valence-corrected chi connectivity index (χ0v) is 18.1. The average Bonchev–Trinajstić information content (AvgIpc) is 3.02. The van der Waals surface area contributed by atoms with E-state index in [2.05, 4.69) is 0 Å². The Morgan fingerprint density at radius 2 is 1.62 bits per heavy atom. The van der Waals surface area contributed by atoms with E-state index in [1.54, 1.807) is 24.3 Å². The maximum atomic E-state index is 13.2. The van der Waals surface area contributed by atoms with Gasteiger partial charge in [0.15, 0.2) is 9.84 Å². The third-order valence-electron chi connectivity index (χ3n) is 4.45. The normalized spacial score (nSPS) is 18.1. The number of sulfonamides is 1. The smallest absolute Gasteiger partial charge is 0.258 e. The predicted molar refractivity (Wildman–Crippen MR) is 112 cm³/mol. The molecule has 0 fully saturated rings. The molecule has 0 N–H and O–H groups in total. The summed E-state index contributed by atoms with van der Waals surface area (Å²) in [6.45, 7) is 0. The Morgan fingerprint density at radius 3 is 2.10 bits per heavy atom. The topological polar surface area (TPSA) is 91.8 Å². The third kappa shape index (κ3) is 4.53. The van der Waals surface area contributed by atoms with E-state index in [0.717, 1.165) is 9.71 Å². The molecule has 10 heteroatoms. The summed E-state index contributed by atoms with van der Waals surface area (Å²) in [6.07, 6.45) is 1.46. The zero-order valence-electron chi connectivity index (χ0n) is 15.7. The molecule has 1 amide bonds. The number of halogens is 1. The molecular weight excluding hydrogens is 436 g/mol. The van der Waals surface area contributed by atoms with E-state index in [1.807, 2.05) is 0 Å². The minimum atomic E-state index is -3.62. The first kappa shape index (κ1) is 21.5. The molecule has 1 heterocycles. The highest BCUT2D eigenvalue weighted by molar-refractivity contribution is 7.94. The van der Waals surface area contributed by atoms with Crippen molar-refractivity contribution in [2.75, 3.05) is 24.7 Å². The van der Waals surface area contributed by atoms with E-state index < -0.39 is 31.8 Å². The first-order chi connectivity index (χ1) is 13.5. The zero-order chi connectivity index (χ0) is 21.4. The van der Waals surface area contributed by atoms with Crippen molar-refractivity contribution in [3.63, 3.8) is 0 Å². The fourth-order valence-electron chi connectivity index (χ4n) is 2.90. The summed E-state index contributed by atoms with van der Waals surface area (Å²) in [6, 6.07) is 11.3. The molecule has 1 unspecified atom stereocenters. The largest absolute Gasteiger partial charge is 0.300 e. The molecule has 154 valence electrons. The van der Waals surface area contributed by atoms with Crippen LogP contribution in [0.15, 0.2) is 64.9 Å². The fraction of sp³-hybridized carbons (Fsp3) is 0.211. The highest BCUT2D eigenvalue weighted by atomic mass is 35.5. The second-order valence-electron chi connectivity index (χ2n) is 6.69. The average molecular weight is 455 g/mol. The van der Waals surface area contributed by atoms with Gasteiger partial charge >= 0.3 is 0 Å². The SMILES string of the molecule is CN(C)S(=O)(=O)c1ccc(C(=O)N(c2ccc(Cl)cc2)C2C=CS(=O)(=O)C2)cc1. The summed E-state index contributed by atoms with van der Waals surface area (Å²) < 4.78 is 49.3. The van der Waals surface area contributed by atoms with Crippen LogP contribution in [0.25, 0.3) is 0 Å². The van der Waals surface area contributed by atoms with E-state index in [1.165, 1.54) is 49.3 Å². The number of anilines is 1. The Morgan fingerprint density at radius 1 is 1.03 bits per heavy atom. The van der Waals surface area contributed by atoms with Crippen LogP contribution in [-0.2, 0) is 19.9 Å². The minimum Gasteiger partial charge on any atom is -0.300 e. The molecule has 1 aliphatic heterocycles. The molecule has 1 aliphatic rings. The molecule has 0 saturated carbocycles. The van der Waals surface area contributed by atoms with E-state index in [0.29, 0.717) is 10.7 Å². The van der Waals surface area contributed by atoms with E-state index in [9.17, 15) is 21.6 Å². The second-order valence-corrected chi connectivity index (χ2v) is 11.2. The van der Waals surface area contributed by atoms with Crippen molar-refractivity contribution in [2.24, 2.45) is 0 Å². The summed E-state index contributed by atoms with van der Waals surface area (Å²) >= 11 is 5.93. The first-order valence-electron chi connectivity index (χ1n) is 8.54. The van der Waals surface area contributed by atoms with Crippen LogP contribution in [0, 0.1) is 0 Å². The number of amides is 1. The Bertz CT molecular complexity index is 1160. The van der Waals surface area contributed by atoms with Gasteiger partial charge in [-0.2, -0.15) is 0 Å². The molecule has 2 aromatic rings. The molecular formula is C19H19ClN2O5S2. The lowest BCUT2D eigenvalue weighted by Crippen LogP contribution is -2.41. The van der Waals surface area contributed by atoms with Gasteiger partial charge in [-0.1, -0.05) is 11.6 Å². The monoisotopic (exact) mass is 454 g/mol. The van der Waals surface area contributed by atoms with Crippen LogP contribution in [-0.4, -0.2) is 52.9 Å². The lowest BCUT2D eigenvalue weighted by Gasteiger charge is -2.28. The Labute approximate surface area is 175 Å². The molecule has 7 nitrogen and oxygen atoms in total. The lowest BCUT2D eigenvalue weighted by molar-refractivity contribution is 0.0983. The number of hydrogen-bond acceptors (Lipinski definition) is 5. The quantitative estimate of drug-likeness (QED) is 0.692. The van der Waals surface area contributed by atoms with Crippen molar-refractivity contribution in [3.8, 4) is 0 Å². The van der Waals surface area contributed by atoms with Gasteiger partial charge < -0.3 is 4.90 Å². The second kappa shape index (κ2) is 7.91. The summed E-state index contributed by atoms with van der Waals surface area (Å²) in [5.41, 5.74) is 0.714. The van der Waals surface area contributed by atoms with Crippen LogP contribution in [0.5, 0.6) is 0 Å². The van der Waals surface area contributed by atoms with Crippen LogP contribution in [0.2, 0.25) is 5.02 Å². The minimum absolute atomic E-state index is 0.0560. The molecule has 3 rings (SSSR count). The maximum absolute atomic E-state index is 13.2. The number of carbonyl (C=O) groups is 1. The van der Waals surface area contributed by atoms with Crippen LogP contribution < -0.4 is 4.90 Å². The standard InChI is InChI=1S/C19H19ClN2O5S2/c1-21(2)29(26,27)18-9-3-14(4-10-18)19(23)22(16-7-5-15(20)6-8-16)17-11-12-28(24,25)13-17/h3-12,17H,13H2,1-2H3. The van der Waals surface area contributed by atoms with Crippen LogP contribution in [0.4, 0.5) is 5.69 Å². The Hall–Kier alpha value is -2.20. The highest BCUT2D eigenvalue weighted by Gasteiger charge is 2.32. The van der Waals surface area contributed by atoms with Crippen molar-refractivity contribution in [3.05, 3.63) is 70.6 Å². The van der Waals surface area contributed by atoms with Gasteiger partial charge in [-0.3, -0.25) is 4.79 Å². The summed E-state index contributed by atoms with van der Waals surface area (Å²) in [5.74, 6) is -0.679. The number of sulfone groups is 1. The molecule has 0 bridgehead atoms. The molecule has 0 aliphatic carbocycles. The number of carbonyl (C=O) groups excluding carboxylic acids is 1. The molecule has 0 radical (unpaired) electrons. The van der Waals surface area contributed by atoms with Gasteiger partial charge in [-0.15, -0.1) is 0 Å². The molecule has 0 saturated heterocycles. The molecule has 0 aromatic heterocycles. The van der Waals surface area contributed by atoms with Gasteiger partial charge in [-0.25, -0.2) is 21.1 Å². The highest BCUT2D eigenvalue weighted by Crippen LogP contribution is 2.27. The van der Waals surface area contributed by atoms with Crippen LogP contribution in [0.1, 0.15) is 10.4 Å². The predicted octanol–water partition coefficient (Wildman–Crippen LogP) is 2.55. The van der Waals surface area contributed by atoms with Crippen LogP contribution >= 0.6 is 11.6 Å². The van der Waals surface area contributed by atoms with Crippen LogP contribution in [0.3, 0.4) is 0 Å². The van der Waals surface area contributed by atoms with E-state index >= 15 is 0 Å². The van der Waals surface area contributed by atoms with Crippen molar-refractivity contribution < 1.29 is 21.6 Å². The third-order valence-corrected chi connectivity index (χ3v) is 7.91. The van der Waals surface area contributed by atoms with Gasteiger partial charge in [0.05, 0.1) is 16.7 Å². The molecule has 0 spiro atoms. The number of rotatable bonds is 5. The van der Waals surface area contributed by atoms with Crippen molar-refractivity contribution in [2.45, 2.75) is 10.9 Å².